The number of halogens is 1. The highest BCUT2D eigenvalue weighted by molar-refractivity contribution is 9.10. The summed E-state index contributed by atoms with van der Waals surface area (Å²) in [5.74, 6) is -0.184. The number of benzene rings is 1. The molecule has 0 bridgehead atoms. The van der Waals surface area contributed by atoms with Gasteiger partial charge in [-0.15, -0.1) is 0 Å². The van der Waals surface area contributed by atoms with Gasteiger partial charge in [0.25, 0.3) is 0 Å². The predicted octanol–water partition coefficient (Wildman–Crippen LogP) is 3.99. The zero-order valence-electron chi connectivity index (χ0n) is 11.9. The summed E-state index contributed by atoms with van der Waals surface area (Å²) in [6.07, 6.45) is 0.802. The highest BCUT2D eigenvalue weighted by Crippen LogP contribution is 2.23. The highest BCUT2D eigenvalue weighted by atomic mass is 79.9. The lowest BCUT2D eigenvalue weighted by Crippen LogP contribution is -2.03. The van der Waals surface area contributed by atoms with Crippen LogP contribution in [0.5, 0.6) is 5.75 Å². The molecule has 1 N–H and O–H groups in total. The van der Waals surface area contributed by atoms with Crippen molar-refractivity contribution in [3.8, 4) is 5.75 Å². The normalized spacial score (nSPS) is 10.4. The van der Waals surface area contributed by atoms with E-state index in [0.717, 1.165) is 33.6 Å². The lowest BCUT2D eigenvalue weighted by atomic mass is 10.1. The van der Waals surface area contributed by atoms with Crippen molar-refractivity contribution in [2.75, 3.05) is 0 Å². The van der Waals surface area contributed by atoms with Crippen LogP contribution in [0.15, 0.2) is 34.8 Å². The van der Waals surface area contributed by atoms with Crippen molar-refractivity contribution in [2.45, 2.75) is 26.9 Å². The van der Waals surface area contributed by atoms with Crippen LogP contribution in [-0.4, -0.2) is 16.1 Å². The molecule has 1 aromatic heterocycles. The number of aryl methyl sites for hydroxylation is 2. The topological polar surface area (TPSA) is 59.4 Å². The molecule has 0 aliphatic rings. The molecule has 0 saturated carbocycles. The minimum atomic E-state index is -0.945. The first-order valence-corrected chi connectivity index (χ1v) is 7.41. The van der Waals surface area contributed by atoms with Crippen LogP contribution in [0.2, 0.25) is 0 Å². The third kappa shape index (κ3) is 3.82. The SMILES string of the molecule is CCc1nc(C)ccc1OCc1ccc(C(=O)O)cc1Br. The van der Waals surface area contributed by atoms with E-state index in [4.69, 9.17) is 9.84 Å². The summed E-state index contributed by atoms with van der Waals surface area (Å²) >= 11 is 3.38. The molecule has 5 heteroatoms. The van der Waals surface area contributed by atoms with Crippen molar-refractivity contribution in [1.29, 1.82) is 0 Å². The zero-order valence-corrected chi connectivity index (χ0v) is 13.5. The fourth-order valence-corrected chi connectivity index (χ4v) is 2.43. The summed E-state index contributed by atoms with van der Waals surface area (Å²) in [6.45, 7) is 4.34. The van der Waals surface area contributed by atoms with Crippen molar-refractivity contribution >= 4 is 21.9 Å². The van der Waals surface area contributed by atoms with E-state index in [1.54, 1.807) is 18.2 Å². The van der Waals surface area contributed by atoms with Crippen molar-refractivity contribution in [3.63, 3.8) is 0 Å². The number of carbonyl (C=O) groups is 1. The third-order valence-corrected chi connectivity index (χ3v) is 3.83. The molecule has 1 heterocycles. The van der Waals surface area contributed by atoms with Gasteiger partial charge in [0.1, 0.15) is 12.4 Å². The van der Waals surface area contributed by atoms with Gasteiger partial charge in [0.15, 0.2) is 0 Å². The second kappa shape index (κ2) is 6.72. The molecule has 0 aliphatic heterocycles. The van der Waals surface area contributed by atoms with Gasteiger partial charge in [-0.1, -0.05) is 28.9 Å². The summed E-state index contributed by atoms with van der Waals surface area (Å²) in [6, 6.07) is 8.73. The van der Waals surface area contributed by atoms with E-state index in [-0.39, 0.29) is 5.56 Å². The molecule has 2 aromatic rings. The van der Waals surface area contributed by atoms with Crippen LogP contribution in [0.25, 0.3) is 0 Å². The molecule has 0 atom stereocenters. The van der Waals surface area contributed by atoms with Gasteiger partial charge in [-0.05, 0) is 37.6 Å². The number of hydrogen-bond acceptors (Lipinski definition) is 3. The average molecular weight is 350 g/mol. The molecule has 0 radical (unpaired) electrons. The fraction of sp³-hybridized carbons (Fsp3) is 0.250. The molecular formula is C16H16BrNO3. The van der Waals surface area contributed by atoms with Gasteiger partial charge >= 0.3 is 5.97 Å². The zero-order chi connectivity index (χ0) is 15.4. The van der Waals surface area contributed by atoms with E-state index in [0.29, 0.717) is 6.61 Å². The first-order valence-electron chi connectivity index (χ1n) is 6.62. The number of aromatic nitrogens is 1. The molecular weight excluding hydrogens is 334 g/mol. The Kier molecular flexibility index (Phi) is 4.96. The number of carboxylic acid groups (broad SMARTS) is 1. The molecule has 4 nitrogen and oxygen atoms in total. The van der Waals surface area contributed by atoms with Crippen LogP contribution in [0, 0.1) is 6.92 Å². The average Bonchev–Trinajstić information content (AvgIpc) is 2.46. The number of carboxylic acids is 1. The minimum absolute atomic E-state index is 0.247. The summed E-state index contributed by atoms with van der Waals surface area (Å²) in [5.41, 5.74) is 3.03. The van der Waals surface area contributed by atoms with Gasteiger partial charge in [0, 0.05) is 15.7 Å². The van der Waals surface area contributed by atoms with Crippen LogP contribution in [0.1, 0.15) is 34.2 Å². The Morgan fingerprint density at radius 1 is 1.33 bits per heavy atom. The lowest BCUT2D eigenvalue weighted by Gasteiger charge is -2.11. The molecule has 1 aromatic carbocycles. The number of hydrogen-bond donors (Lipinski definition) is 1. The Morgan fingerprint density at radius 2 is 2.10 bits per heavy atom. The Labute approximate surface area is 131 Å². The summed E-state index contributed by atoms with van der Waals surface area (Å²) in [5, 5.41) is 8.94. The summed E-state index contributed by atoms with van der Waals surface area (Å²) < 4.78 is 6.53. The second-order valence-corrected chi connectivity index (χ2v) is 5.51. The number of nitrogens with zero attached hydrogens (tertiary/aromatic N) is 1. The molecule has 0 saturated heterocycles. The lowest BCUT2D eigenvalue weighted by molar-refractivity contribution is 0.0696. The van der Waals surface area contributed by atoms with Gasteiger partial charge in [-0.25, -0.2) is 4.79 Å². The molecule has 0 unspecified atom stereocenters. The molecule has 0 aliphatic carbocycles. The maximum atomic E-state index is 10.9. The Hall–Kier alpha value is -1.88. The van der Waals surface area contributed by atoms with E-state index in [2.05, 4.69) is 20.9 Å². The largest absolute Gasteiger partial charge is 0.487 e. The van der Waals surface area contributed by atoms with E-state index < -0.39 is 5.97 Å². The van der Waals surface area contributed by atoms with Crippen molar-refractivity contribution < 1.29 is 14.6 Å². The number of ether oxygens (including phenoxy) is 1. The standard InChI is InChI=1S/C16H16BrNO3/c1-3-14-15(7-4-10(2)18-14)21-9-12-6-5-11(16(19)20)8-13(12)17/h4-8H,3,9H2,1-2H3,(H,19,20). The van der Waals surface area contributed by atoms with Gasteiger partial charge in [-0.3, -0.25) is 4.98 Å². The Morgan fingerprint density at radius 3 is 2.71 bits per heavy atom. The van der Waals surface area contributed by atoms with Crippen LogP contribution in [0.3, 0.4) is 0 Å². The number of rotatable bonds is 5. The van der Waals surface area contributed by atoms with Crippen molar-refractivity contribution in [2.24, 2.45) is 0 Å². The fourth-order valence-electron chi connectivity index (χ4n) is 1.94. The number of pyridine rings is 1. The molecule has 21 heavy (non-hydrogen) atoms. The van der Waals surface area contributed by atoms with E-state index in [9.17, 15) is 4.79 Å². The van der Waals surface area contributed by atoms with Crippen molar-refractivity contribution in [1.82, 2.24) is 4.98 Å². The third-order valence-electron chi connectivity index (χ3n) is 3.09. The molecule has 0 fully saturated rings. The smallest absolute Gasteiger partial charge is 0.335 e. The van der Waals surface area contributed by atoms with Gasteiger partial charge in [-0.2, -0.15) is 0 Å². The van der Waals surface area contributed by atoms with Gasteiger partial charge < -0.3 is 9.84 Å². The van der Waals surface area contributed by atoms with Gasteiger partial charge in [0.2, 0.25) is 0 Å². The van der Waals surface area contributed by atoms with Crippen LogP contribution in [-0.2, 0) is 13.0 Å². The predicted molar refractivity (Wildman–Crippen MR) is 83.8 cm³/mol. The molecule has 0 spiro atoms. The maximum Gasteiger partial charge on any atom is 0.335 e. The highest BCUT2D eigenvalue weighted by Gasteiger charge is 2.09. The van der Waals surface area contributed by atoms with Crippen LogP contribution >= 0.6 is 15.9 Å². The van der Waals surface area contributed by atoms with E-state index in [1.165, 1.54) is 0 Å². The minimum Gasteiger partial charge on any atom is -0.487 e. The van der Waals surface area contributed by atoms with Crippen molar-refractivity contribution in [3.05, 3.63) is 57.3 Å². The maximum absolute atomic E-state index is 10.9. The quantitative estimate of drug-likeness (QED) is 0.886. The van der Waals surface area contributed by atoms with E-state index in [1.807, 2.05) is 26.0 Å². The second-order valence-electron chi connectivity index (χ2n) is 4.65. The summed E-state index contributed by atoms with van der Waals surface area (Å²) in [4.78, 5) is 15.3. The first-order chi connectivity index (χ1) is 10.0. The summed E-state index contributed by atoms with van der Waals surface area (Å²) in [7, 11) is 0. The van der Waals surface area contributed by atoms with Crippen LogP contribution in [0.4, 0.5) is 0 Å². The molecule has 0 amide bonds. The van der Waals surface area contributed by atoms with Crippen LogP contribution < -0.4 is 4.74 Å². The monoisotopic (exact) mass is 349 g/mol. The first kappa shape index (κ1) is 15.5. The Balaban J connectivity index is 2.15. The van der Waals surface area contributed by atoms with Gasteiger partial charge in [0.05, 0.1) is 11.3 Å². The number of aromatic carboxylic acids is 1. The Bertz CT molecular complexity index is 671. The van der Waals surface area contributed by atoms with E-state index >= 15 is 0 Å². The molecule has 2 rings (SSSR count). The molecule has 110 valence electrons.